The van der Waals surface area contributed by atoms with E-state index in [0.29, 0.717) is 0 Å². The summed E-state index contributed by atoms with van der Waals surface area (Å²) in [6, 6.07) is 15.8. The van der Waals surface area contributed by atoms with E-state index >= 15 is 0 Å². The summed E-state index contributed by atoms with van der Waals surface area (Å²) in [5.74, 6) is 0.976. The van der Waals surface area contributed by atoms with Gasteiger partial charge in [-0.15, -0.1) is 11.3 Å². The highest BCUT2D eigenvalue weighted by atomic mass is 32.1. The van der Waals surface area contributed by atoms with Gasteiger partial charge in [-0.25, -0.2) is 4.98 Å². The van der Waals surface area contributed by atoms with Crippen LogP contribution in [0, 0.1) is 6.92 Å². The SMILES string of the molecule is COc1cccc(-c2csc(CN3CCN(C(=O)c4ccccc4C)CC3)n2)c1. The molecule has 0 atom stereocenters. The first kappa shape index (κ1) is 19.6. The van der Waals surface area contributed by atoms with Crippen molar-refractivity contribution >= 4 is 17.2 Å². The summed E-state index contributed by atoms with van der Waals surface area (Å²) in [6.45, 7) is 6.05. The third-order valence-electron chi connectivity index (χ3n) is 5.31. The number of rotatable bonds is 5. The Morgan fingerprint density at radius 3 is 2.66 bits per heavy atom. The summed E-state index contributed by atoms with van der Waals surface area (Å²) in [5, 5.41) is 3.20. The molecule has 29 heavy (non-hydrogen) atoms. The van der Waals surface area contributed by atoms with E-state index < -0.39 is 0 Å². The van der Waals surface area contributed by atoms with Gasteiger partial charge in [0.15, 0.2) is 0 Å². The number of piperazine rings is 1. The number of aryl methyl sites for hydroxylation is 1. The maximum absolute atomic E-state index is 12.8. The predicted molar refractivity (Wildman–Crippen MR) is 116 cm³/mol. The summed E-state index contributed by atoms with van der Waals surface area (Å²) in [6.07, 6.45) is 0. The van der Waals surface area contributed by atoms with Gasteiger partial charge in [-0.05, 0) is 30.7 Å². The second-order valence-electron chi connectivity index (χ2n) is 7.24. The van der Waals surface area contributed by atoms with Crippen molar-refractivity contribution < 1.29 is 9.53 Å². The Morgan fingerprint density at radius 1 is 1.10 bits per heavy atom. The standard InChI is InChI=1S/C23H25N3O2S/c1-17-6-3-4-9-20(17)23(27)26-12-10-25(11-13-26)15-22-24-21(16-29-22)18-7-5-8-19(14-18)28-2/h3-9,14,16H,10-13,15H2,1-2H3. The molecule has 2 heterocycles. The van der Waals surface area contributed by atoms with Gasteiger partial charge >= 0.3 is 0 Å². The molecule has 3 aromatic rings. The first-order valence-corrected chi connectivity index (χ1v) is 10.7. The molecular weight excluding hydrogens is 382 g/mol. The van der Waals surface area contributed by atoms with Crippen LogP contribution in [0.3, 0.4) is 0 Å². The van der Waals surface area contributed by atoms with Crippen LogP contribution in [0.5, 0.6) is 5.75 Å². The molecule has 6 heteroatoms. The van der Waals surface area contributed by atoms with Crippen LogP contribution in [0.4, 0.5) is 0 Å². The van der Waals surface area contributed by atoms with Gasteiger partial charge < -0.3 is 9.64 Å². The summed E-state index contributed by atoms with van der Waals surface area (Å²) < 4.78 is 5.31. The van der Waals surface area contributed by atoms with Crippen LogP contribution < -0.4 is 4.74 Å². The number of amides is 1. The van der Waals surface area contributed by atoms with Gasteiger partial charge in [0.05, 0.1) is 19.3 Å². The molecule has 0 bridgehead atoms. The van der Waals surface area contributed by atoms with Crippen molar-refractivity contribution in [2.45, 2.75) is 13.5 Å². The Labute approximate surface area is 175 Å². The average molecular weight is 408 g/mol. The number of ether oxygens (including phenoxy) is 1. The number of carbonyl (C=O) groups excluding carboxylic acids is 1. The second kappa shape index (κ2) is 8.76. The number of aromatic nitrogens is 1. The predicted octanol–water partition coefficient (Wildman–Crippen LogP) is 4.09. The number of benzene rings is 2. The maximum Gasteiger partial charge on any atom is 0.254 e. The summed E-state index contributed by atoms with van der Waals surface area (Å²) in [5.41, 5.74) is 3.90. The van der Waals surface area contributed by atoms with Gasteiger partial charge in [-0.1, -0.05) is 30.3 Å². The molecule has 0 N–H and O–H groups in total. The Kier molecular flexibility index (Phi) is 5.92. The van der Waals surface area contributed by atoms with E-state index in [4.69, 9.17) is 9.72 Å². The normalized spacial score (nSPS) is 14.8. The Bertz CT molecular complexity index is 993. The lowest BCUT2D eigenvalue weighted by Gasteiger charge is -2.34. The van der Waals surface area contributed by atoms with Crippen molar-refractivity contribution in [3.8, 4) is 17.0 Å². The number of hydrogen-bond acceptors (Lipinski definition) is 5. The van der Waals surface area contributed by atoms with Crippen LogP contribution >= 0.6 is 11.3 Å². The van der Waals surface area contributed by atoms with Gasteiger partial charge in [0.1, 0.15) is 10.8 Å². The number of carbonyl (C=O) groups is 1. The quantitative estimate of drug-likeness (QED) is 0.639. The molecule has 5 nitrogen and oxygen atoms in total. The van der Waals surface area contributed by atoms with Crippen LogP contribution in [-0.4, -0.2) is 54.0 Å². The molecule has 150 valence electrons. The molecular formula is C23H25N3O2S. The van der Waals surface area contributed by atoms with E-state index in [1.54, 1.807) is 18.4 Å². The van der Waals surface area contributed by atoms with E-state index in [-0.39, 0.29) is 5.91 Å². The molecule has 1 aliphatic rings. The first-order valence-electron chi connectivity index (χ1n) is 9.80. The minimum absolute atomic E-state index is 0.136. The molecule has 1 aromatic heterocycles. The van der Waals surface area contributed by atoms with Crippen molar-refractivity contribution in [1.29, 1.82) is 0 Å². The van der Waals surface area contributed by atoms with E-state index in [9.17, 15) is 4.79 Å². The molecule has 0 spiro atoms. The van der Waals surface area contributed by atoms with Gasteiger partial charge in [0.25, 0.3) is 5.91 Å². The summed E-state index contributed by atoms with van der Waals surface area (Å²) >= 11 is 1.68. The molecule has 1 amide bonds. The summed E-state index contributed by atoms with van der Waals surface area (Å²) in [7, 11) is 1.68. The fourth-order valence-electron chi connectivity index (χ4n) is 3.58. The van der Waals surface area contributed by atoms with Gasteiger partial charge in [-0.2, -0.15) is 0 Å². The minimum Gasteiger partial charge on any atom is -0.497 e. The van der Waals surface area contributed by atoms with E-state index in [1.165, 1.54) is 0 Å². The van der Waals surface area contributed by atoms with Crippen LogP contribution in [-0.2, 0) is 6.54 Å². The zero-order chi connectivity index (χ0) is 20.2. The van der Waals surface area contributed by atoms with Crippen LogP contribution in [0.25, 0.3) is 11.3 Å². The average Bonchev–Trinajstić information content (AvgIpc) is 3.23. The van der Waals surface area contributed by atoms with E-state index in [2.05, 4.69) is 16.3 Å². The van der Waals surface area contributed by atoms with E-state index in [0.717, 1.165) is 65.9 Å². The Balaban J connectivity index is 1.35. The van der Waals surface area contributed by atoms with Gasteiger partial charge in [0.2, 0.25) is 0 Å². The molecule has 2 aromatic carbocycles. The fourth-order valence-corrected chi connectivity index (χ4v) is 4.43. The number of methoxy groups -OCH3 is 1. The van der Waals surface area contributed by atoms with Crippen molar-refractivity contribution in [3.63, 3.8) is 0 Å². The Hall–Kier alpha value is -2.70. The molecule has 0 aliphatic carbocycles. The third kappa shape index (κ3) is 4.49. The maximum atomic E-state index is 12.8. The van der Waals surface area contributed by atoms with Gasteiger partial charge in [-0.3, -0.25) is 9.69 Å². The molecule has 1 aliphatic heterocycles. The van der Waals surface area contributed by atoms with Crippen LogP contribution in [0.1, 0.15) is 20.9 Å². The number of hydrogen-bond donors (Lipinski definition) is 0. The summed E-state index contributed by atoms with van der Waals surface area (Å²) in [4.78, 5) is 21.9. The molecule has 0 saturated carbocycles. The number of nitrogens with zero attached hydrogens (tertiary/aromatic N) is 3. The third-order valence-corrected chi connectivity index (χ3v) is 6.14. The Morgan fingerprint density at radius 2 is 1.90 bits per heavy atom. The minimum atomic E-state index is 0.136. The lowest BCUT2D eigenvalue weighted by molar-refractivity contribution is 0.0627. The smallest absolute Gasteiger partial charge is 0.254 e. The van der Waals surface area contributed by atoms with Crippen molar-refractivity contribution in [2.75, 3.05) is 33.3 Å². The fraction of sp³-hybridized carbons (Fsp3) is 0.304. The van der Waals surface area contributed by atoms with Crippen LogP contribution in [0.2, 0.25) is 0 Å². The van der Waals surface area contributed by atoms with Gasteiger partial charge in [0, 0.05) is 42.7 Å². The molecule has 4 rings (SSSR count). The first-order chi connectivity index (χ1) is 14.1. The van der Waals surface area contributed by atoms with Crippen molar-refractivity contribution in [2.24, 2.45) is 0 Å². The van der Waals surface area contributed by atoms with Crippen molar-refractivity contribution in [3.05, 3.63) is 70.0 Å². The molecule has 1 saturated heterocycles. The molecule has 0 unspecified atom stereocenters. The topological polar surface area (TPSA) is 45.7 Å². The second-order valence-corrected chi connectivity index (χ2v) is 8.18. The van der Waals surface area contributed by atoms with E-state index in [1.807, 2.05) is 54.3 Å². The largest absolute Gasteiger partial charge is 0.497 e. The lowest BCUT2D eigenvalue weighted by atomic mass is 10.1. The highest BCUT2D eigenvalue weighted by Gasteiger charge is 2.23. The lowest BCUT2D eigenvalue weighted by Crippen LogP contribution is -2.48. The van der Waals surface area contributed by atoms with Crippen LogP contribution in [0.15, 0.2) is 53.9 Å². The number of thiazole rings is 1. The van der Waals surface area contributed by atoms with Crippen molar-refractivity contribution in [1.82, 2.24) is 14.8 Å². The highest BCUT2D eigenvalue weighted by molar-refractivity contribution is 7.09. The molecule has 1 fully saturated rings. The highest BCUT2D eigenvalue weighted by Crippen LogP contribution is 2.26. The zero-order valence-corrected chi connectivity index (χ0v) is 17.6. The molecule has 0 radical (unpaired) electrons. The zero-order valence-electron chi connectivity index (χ0n) is 16.8. The monoisotopic (exact) mass is 407 g/mol.